The summed E-state index contributed by atoms with van der Waals surface area (Å²) in [6.45, 7) is 1.59. The molecule has 1 fully saturated rings. The van der Waals surface area contributed by atoms with E-state index in [0.29, 0.717) is 12.8 Å². The fourth-order valence-corrected chi connectivity index (χ4v) is 2.85. The summed E-state index contributed by atoms with van der Waals surface area (Å²) in [5.74, 6) is 0.166. The molecule has 0 aliphatic heterocycles. The smallest absolute Gasteiger partial charge is 0.305 e. The minimum absolute atomic E-state index is 0.0393. The number of carbonyl (C=O) groups excluding carboxylic acids is 3. The van der Waals surface area contributed by atoms with Crippen molar-refractivity contribution in [3.05, 3.63) is 0 Å². The van der Waals surface area contributed by atoms with Gasteiger partial charge < -0.3 is 4.74 Å². The van der Waals surface area contributed by atoms with Crippen molar-refractivity contribution < 1.29 is 19.1 Å². The molecule has 19 heavy (non-hydrogen) atoms. The molecule has 0 N–H and O–H groups in total. The van der Waals surface area contributed by atoms with Crippen molar-refractivity contribution in [2.24, 2.45) is 11.8 Å². The van der Waals surface area contributed by atoms with E-state index in [4.69, 9.17) is 0 Å². The molecule has 1 saturated carbocycles. The summed E-state index contributed by atoms with van der Waals surface area (Å²) < 4.78 is 4.57. The minimum Gasteiger partial charge on any atom is -0.469 e. The number of methoxy groups -OCH3 is 1. The van der Waals surface area contributed by atoms with E-state index in [9.17, 15) is 14.4 Å². The topological polar surface area (TPSA) is 60.4 Å². The van der Waals surface area contributed by atoms with Crippen LogP contribution in [0.5, 0.6) is 0 Å². The average Bonchev–Trinajstić information content (AvgIpc) is 2.75. The molecule has 1 aliphatic rings. The monoisotopic (exact) mass is 268 g/mol. The summed E-state index contributed by atoms with van der Waals surface area (Å²) in [5.41, 5.74) is 0. The van der Waals surface area contributed by atoms with Gasteiger partial charge in [-0.2, -0.15) is 0 Å². The second-order valence-electron chi connectivity index (χ2n) is 5.36. The third-order valence-corrected chi connectivity index (χ3v) is 4.00. The lowest BCUT2D eigenvalue weighted by molar-refractivity contribution is -0.140. The summed E-state index contributed by atoms with van der Waals surface area (Å²) in [5, 5.41) is 0. The van der Waals surface area contributed by atoms with Crippen LogP contribution in [0.3, 0.4) is 0 Å². The van der Waals surface area contributed by atoms with E-state index in [2.05, 4.69) is 4.74 Å². The van der Waals surface area contributed by atoms with Crippen molar-refractivity contribution in [1.82, 2.24) is 0 Å². The Kier molecular flexibility index (Phi) is 6.74. The van der Waals surface area contributed by atoms with Crippen molar-refractivity contribution in [1.29, 1.82) is 0 Å². The molecule has 0 saturated heterocycles. The van der Waals surface area contributed by atoms with Gasteiger partial charge in [-0.3, -0.25) is 14.4 Å². The van der Waals surface area contributed by atoms with Gasteiger partial charge >= 0.3 is 5.97 Å². The van der Waals surface area contributed by atoms with Gasteiger partial charge in [-0.1, -0.05) is 19.3 Å². The molecule has 2 unspecified atom stereocenters. The first kappa shape index (κ1) is 15.9. The molecule has 1 aliphatic carbocycles. The highest BCUT2D eigenvalue weighted by Gasteiger charge is 2.36. The second-order valence-corrected chi connectivity index (χ2v) is 5.36. The van der Waals surface area contributed by atoms with Gasteiger partial charge in [0, 0.05) is 24.7 Å². The van der Waals surface area contributed by atoms with Crippen LogP contribution in [0.25, 0.3) is 0 Å². The fraction of sp³-hybridized carbons (Fsp3) is 0.800. The van der Waals surface area contributed by atoms with Crippen molar-refractivity contribution in [3.8, 4) is 0 Å². The van der Waals surface area contributed by atoms with Gasteiger partial charge in [0.2, 0.25) is 0 Å². The number of hydrogen-bond donors (Lipinski definition) is 0. The maximum absolute atomic E-state index is 11.7. The fourth-order valence-electron chi connectivity index (χ4n) is 2.85. The zero-order valence-corrected chi connectivity index (χ0v) is 11.9. The van der Waals surface area contributed by atoms with Crippen LogP contribution in [-0.4, -0.2) is 24.6 Å². The molecule has 1 rings (SSSR count). The Hall–Kier alpha value is -1.19. The van der Waals surface area contributed by atoms with Gasteiger partial charge in [-0.15, -0.1) is 0 Å². The van der Waals surface area contributed by atoms with Crippen LogP contribution >= 0.6 is 0 Å². The van der Waals surface area contributed by atoms with E-state index in [-0.39, 0.29) is 29.4 Å². The molecule has 108 valence electrons. The lowest BCUT2D eigenvalue weighted by Gasteiger charge is -2.15. The van der Waals surface area contributed by atoms with Crippen LogP contribution in [0.1, 0.15) is 58.3 Å². The van der Waals surface area contributed by atoms with E-state index in [1.807, 2.05) is 0 Å². The molecule has 2 atom stereocenters. The van der Waals surface area contributed by atoms with Gasteiger partial charge in [-0.05, 0) is 26.2 Å². The number of hydrogen-bond acceptors (Lipinski definition) is 4. The Balaban J connectivity index is 2.16. The molecule has 0 aromatic rings. The van der Waals surface area contributed by atoms with Crippen LogP contribution in [0, 0.1) is 11.8 Å². The van der Waals surface area contributed by atoms with Crippen molar-refractivity contribution in [2.75, 3.05) is 7.11 Å². The number of carbonyl (C=O) groups is 3. The van der Waals surface area contributed by atoms with Crippen molar-refractivity contribution in [3.63, 3.8) is 0 Å². The molecule has 4 nitrogen and oxygen atoms in total. The number of unbranched alkanes of at least 4 members (excludes halogenated alkanes) is 3. The number of rotatable bonds is 8. The lowest BCUT2D eigenvalue weighted by Crippen LogP contribution is -2.20. The maximum Gasteiger partial charge on any atom is 0.305 e. The summed E-state index contributed by atoms with van der Waals surface area (Å²) in [6.07, 6.45) is 6.36. The van der Waals surface area contributed by atoms with E-state index in [0.717, 1.165) is 38.5 Å². The highest BCUT2D eigenvalue weighted by molar-refractivity contribution is 5.91. The molecule has 0 bridgehead atoms. The van der Waals surface area contributed by atoms with Gasteiger partial charge in [0.05, 0.1) is 7.11 Å². The zero-order valence-electron chi connectivity index (χ0n) is 11.9. The maximum atomic E-state index is 11.7. The van der Waals surface area contributed by atoms with Gasteiger partial charge in [0.25, 0.3) is 0 Å². The molecular weight excluding hydrogens is 244 g/mol. The first-order valence-corrected chi connectivity index (χ1v) is 7.16. The molecule has 0 aromatic heterocycles. The highest BCUT2D eigenvalue weighted by Crippen LogP contribution is 2.33. The second kappa shape index (κ2) is 8.08. The van der Waals surface area contributed by atoms with E-state index in [1.165, 1.54) is 7.11 Å². The molecule has 0 amide bonds. The standard InChI is InChI=1S/C15H24O4/c1-11(16)12-9-10-14(17)13(12)7-5-3-4-6-8-15(18)19-2/h12-13H,3-10H2,1-2H3. The van der Waals surface area contributed by atoms with Crippen LogP contribution in [-0.2, 0) is 19.1 Å². The van der Waals surface area contributed by atoms with E-state index < -0.39 is 0 Å². The first-order valence-electron chi connectivity index (χ1n) is 7.16. The Labute approximate surface area is 114 Å². The van der Waals surface area contributed by atoms with Crippen LogP contribution in [0.4, 0.5) is 0 Å². The minimum atomic E-state index is -0.164. The van der Waals surface area contributed by atoms with Crippen molar-refractivity contribution >= 4 is 17.5 Å². The molecule has 0 aromatic carbocycles. The lowest BCUT2D eigenvalue weighted by atomic mass is 9.87. The average molecular weight is 268 g/mol. The van der Waals surface area contributed by atoms with Crippen molar-refractivity contribution in [2.45, 2.75) is 58.3 Å². The predicted octanol–water partition coefficient (Wildman–Crippen LogP) is 2.68. The first-order chi connectivity index (χ1) is 9.06. The van der Waals surface area contributed by atoms with Crippen LogP contribution in [0.15, 0.2) is 0 Å². The predicted molar refractivity (Wildman–Crippen MR) is 71.6 cm³/mol. The van der Waals surface area contributed by atoms with Gasteiger partial charge in [0.1, 0.15) is 11.6 Å². The molecule has 4 heteroatoms. The molecular formula is C15H24O4. The summed E-state index contributed by atoms with van der Waals surface area (Å²) in [4.78, 5) is 34.1. The van der Waals surface area contributed by atoms with Crippen LogP contribution in [0.2, 0.25) is 0 Å². The summed E-state index contributed by atoms with van der Waals surface area (Å²) in [6, 6.07) is 0. The van der Waals surface area contributed by atoms with E-state index in [1.54, 1.807) is 6.92 Å². The number of Topliss-reactive ketones (excluding diaryl/α,β-unsaturated/α-hetero) is 2. The van der Waals surface area contributed by atoms with Gasteiger partial charge in [0.15, 0.2) is 0 Å². The van der Waals surface area contributed by atoms with E-state index >= 15 is 0 Å². The summed E-state index contributed by atoms with van der Waals surface area (Å²) >= 11 is 0. The van der Waals surface area contributed by atoms with Gasteiger partial charge in [-0.25, -0.2) is 0 Å². The SMILES string of the molecule is COC(=O)CCCCCCC1C(=O)CCC1C(C)=O. The number of esters is 1. The Morgan fingerprint density at radius 3 is 2.53 bits per heavy atom. The van der Waals surface area contributed by atoms with Crippen LogP contribution < -0.4 is 0 Å². The third-order valence-electron chi connectivity index (χ3n) is 4.00. The highest BCUT2D eigenvalue weighted by atomic mass is 16.5. The Bertz CT molecular complexity index is 335. The zero-order chi connectivity index (χ0) is 14.3. The molecule has 0 spiro atoms. The number of ether oxygens (including phenoxy) is 1. The molecule has 0 heterocycles. The quantitative estimate of drug-likeness (QED) is 0.501. The normalized spacial score (nSPS) is 22.5. The Morgan fingerprint density at radius 1 is 1.21 bits per heavy atom. The molecule has 0 radical (unpaired) electrons. The Morgan fingerprint density at radius 2 is 1.89 bits per heavy atom. The largest absolute Gasteiger partial charge is 0.469 e. The third kappa shape index (κ3) is 5.13. The summed E-state index contributed by atoms with van der Waals surface area (Å²) in [7, 11) is 1.40. The number of ketones is 2.